The molecule has 0 unspecified atom stereocenters. The average Bonchev–Trinajstić information content (AvgIpc) is 3.21. The lowest BCUT2D eigenvalue weighted by atomic mass is 10.1. The Bertz CT molecular complexity index is 1280. The van der Waals surface area contributed by atoms with E-state index in [1.165, 1.54) is 11.3 Å². The number of hydrogen-bond donors (Lipinski definition) is 2. The number of nitrogens with one attached hydrogen (secondary N) is 1. The van der Waals surface area contributed by atoms with E-state index in [0.717, 1.165) is 9.86 Å². The number of amides is 2. The number of aromatic nitrogens is 1. The Labute approximate surface area is 177 Å². The smallest absolute Gasteiger partial charge is 0.262 e. The van der Waals surface area contributed by atoms with Gasteiger partial charge in [-0.2, -0.15) is 0 Å². The van der Waals surface area contributed by atoms with Gasteiger partial charge in [0.2, 0.25) is 11.5 Å². The number of carbonyl (C=O) groups excluding carboxylic acids is 2. The molecule has 4 rings (SSSR count). The molecule has 0 aliphatic rings. The van der Waals surface area contributed by atoms with Crippen LogP contribution in [-0.2, 0) is 0 Å². The molecule has 0 aliphatic heterocycles. The second kappa shape index (κ2) is 7.98. The molecule has 0 atom stereocenters. The zero-order chi connectivity index (χ0) is 20.4. The number of nitrogens with two attached hydrogens (primary N) is 1. The highest BCUT2D eigenvalue weighted by Gasteiger charge is 2.14. The first-order valence-corrected chi connectivity index (χ1v) is 10.1. The minimum absolute atomic E-state index is 0.140. The number of thiazole rings is 1. The van der Waals surface area contributed by atoms with Crippen LogP contribution in [0.2, 0.25) is 0 Å². The van der Waals surface area contributed by atoms with Crippen molar-refractivity contribution in [2.24, 2.45) is 10.7 Å². The topological polar surface area (TPSA) is 111 Å². The maximum Gasteiger partial charge on any atom is 0.262 e. The molecule has 3 N–H and O–H groups in total. The van der Waals surface area contributed by atoms with Crippen molar-refractivity contribution in [3.63, 3.8) is 0 Å². The monoisotopic (exact) mass is 468 g/mol. The zero-order valence-corrected chi connectivity index (χ0v) is 17.2. The minimum atomic E-state index is -0.527. The summed E-state index contributed by atoms with van der Waals surface area (Å²) in [6.45, 7) is 0. The maximum atomic E-state index is 12.9. The zero-order valence-electron chi connectivity index (χ0n) is 14.8. The van der Waals surface area contributed by atoms with Crippen LogP contribution in [0.3, 0.4) is 0 Å². The normalized spacial score (nSPS) is 11.6. The number of hydrogen-bond acceptors (Lipinski definition) is 6. The van der Waals surface area contributed by atoms with E-state index in [9.17, 15) is 9.59 Å². The van der Waals surface area contributed by atoms with Gasteiger partial charge in [-0.05, 0) is 48.5 Å². The third kappa shape index (κ3) is 4.25. The Morgan fingerprint density at radius 3 is 2.62 bits per heavy atom. The van der Waals surface area contributed by atoms with Crippen LogP contribution < -0.4 is 16.6 Å². The first kappa shape index (κ1) is 19.0. The van der Waals surface area contributed by atoms with Gasteiger partial charge in [-0.3, -0.25) is 14.9 Å². The molecule has 0 saturated heterocycles. The Morgan fingerprint density at radius 1 is 1.14 bits per heavy atom. The third-order valence-electron chi connectivity index (χ3n) is 3.99. The summed E-state index contributed by atoms with van der Waals surface area (Å²) in [6, 6.07) is 13.6. The average molecular weight is 469 g/mol. The van der Waals surface area contributed by atoms with Crippen molar-refractivity contribution in [1.82, 2.24) is 4.98 Å². The number of nitrogens with zero attached hydrogens (tertiary/aromatic N) is 2. The van der Waals surface area contributed by atoms with Gasteiger partial charge >= 0.3 is 0 Å². The Kier molecular flexibility index (Phi) is 5.24. The summed E-state index contributed by atoms with van der Waals surface area (Å²) in [5, 5.41) is 5.73. The van der Waals surface area contributed by atoms with E-state index >= 15 is 0 Å². The van der Waals surface area contributed by atoms with Gasteiger partial charge in [0.25, 0.3) is 5.91 Å². The predicted molar refractivity (Wildman–Crippen MR) is 114 cm³/mol. The number of benzene rings is 2. The molecule has 0 saturated carbocycles. The summed E-state index contributed by atoms with van der Waals surface area (Å²) >= 11 is 4.73. The van der Waals surface area contributed by atoms with E-state index in [-0.39, 0.29) is 11.1 Å². The number of fused-ring (bicyclic) bond motifs is 1. The van der Waals surface area contributed by atoms with Crippen LogP contribution in [0.1, 0.15) is 20.7 Å². The molecule has 0 bridgehead atoms. The van der Waals surface area contributed by atoms with Crippen molar-refractivity contribution >= 4 is 60.9 Å². The summed E-state index contributed by atoms with van der Waals surface area (Å²) in [5.74, 6) is -0.917. The Morgan fingerprint density at radius 2 is 1.93 bits per heavy atom. The summed E-state index contributed by atoms with van der Waals surface area (Å²) in [6.07, 6.45) is 1.60. The van der Waals surface area contributed by atoms with Gasteiger partial charge in [-0.15, -0.1) is 11.3 Å². The van der Waals surface area contributed by atoms with E-state index in [0.29, 0.717) is 22.0 Å². The van der Waals surface area contributed by atoms with Crippen molar-refractivity contribution in [3.05, 3.63) is 81.3 Å². The van der Waals surface area contributed by atoms with E-state index in [2.05, 4.69) is 31.2 Å². The molecule has 4 aromatic rings. The van der Waals surface area contributed by atoms with Gasteiger partial charge in [0.05, 0.1) is 5.69 Å². The van der Waals surface area contributed by atoms with Crippen molar-refractivity contribution in [3.8, 4) is 0 Å². The van der Waals surface area contributed by atoms with E-state index < -0.39 is 11.8 Å². The van der Waals surface area contributed by atoms with Crippen LogP contribution in [0.15, 0.2) is 74.0 Å². The molecule has 2 aromatic carbocycles. The summed E-state index contributed by atoms with van der Waals surface area (Å²) in [4.78, 5) is 32.6. The Balaban J connectivity index is 1.84. The molecule has 9 heteroatoms. The van der Waals surface area contributed by atoms with Crippen molar-refractivity contribution < 1.29 is 14.0 Å². The van der Waals surface area contributed by atoms with Gasteiger partial charge in [0, 0.05) is 27.0 Å². The minimum Gasteiger partial charge on any atom is -0.438 e. The van der Waals surface area contributed by atoms with Gasteiger partial charge in [0.1, 0.15) is 11.1 Å². The molecule has 144 valence electrons. The van der Waals surface area contributed by atoms with Crippen molar-refractivity contribution in [1.29, 1.82) is 0 Å². The molecule has 0 radical (unpaired) electrons. The van der Waals surface area contributed by atoms with Crippen molar-refractivity contribution in [2.45, 2.75) is 0 Å². The maximum absolute atomic E-state index is 12.9. The van der Waals surface area contributed by atoms with Crippen LogP contribution in [0.25, 0.3) is 11.0 Å². The number of primary amides is 1. The summed E-state index contributed by atoms with van der Waals surface area (Å²) < 4.78 is 6.77. The fourth-order valence-corrected chi connectivity index (χ4v) is 3.52. The van der Waals surface area contributed by atoms with Crippen LogP contribution in [-0.4, -0.2) is 16.8 Å². The second-order valence-electron chi connectivity index (χ2n) is 5.96. The molecule has 0 spiro atoms. The van der Waals surface area contributed by atoms with Gasteiger partial charge in [-0.25, -0.2) is 9.98 Å². The number of halogens is 1. The largest absolute Gasteiger partial charge is 0.438 e. The SMILES string of the molecule is NC(=O)c1ccc(N=c2oc3ccc(Br)cc3cc2C(=O)Nc2nccs2)cc1. The first-order chi connectivity index (χ1) is 14.0. The standard InChI is InChI=1S/C20H13BrN4O3S/c21-13-3-6-16-12(9-13)10-15(18(27)25-20-23-7-8-29-20)19(28-16)24-14-4-1-11(2-5-14)17(22)26/h1-10H,(H2,22,26)(H,23,25,27). The molecular formula is C20H13BrN4O3S. The first-order valence-electron chi connectivity index (χ1n) is 8.38. The fraction of sp³-hybridized carbons (Fsp3) is 0. The lowest BCUT2D eigenvalue weighted by molar-refractivity contribution is 0.0997. The molecule has 2 amide bonds. The summed E-state index contributed by atoms with van der Waals surface area (Å²) in [5.41, 5.74) is 7.12. The molecule has 29 heavy (non-hydrogen) atoms. The number of anilines is 1. The highest BCUT2D eigenvalue weighted by Crippen LogP contribution is 2.21. The Hall–Kier alpha value is -3.30. The van der Waals surface area contributed by atoms with E-state index in [4.69, 9.17) is 10.2 Å². The molecule has 0 aliphatic carbocycles. The van der Waals surface area contributed by atoms with Crippen LogP contribution >= 0.6 is 27.3 Å². The predicted octanol–water partition coefficient (Wildman–Crippen LogP) is 4.24. The molecule has 2 aromatic heterocycles. The highest BCUT2D eigenvalue weighted by atomic mass is 79.9. The highest BCUT2D eigenvalue weighted by molar-refractivity contribution is 9.10. The lowest BCUT2D eigenvalue weighted by Crippen LogP contribution is -2.21. The van der Waals surface area contributed by atoms with E-state index in [1.807, 2.05) is 12.1 Å². The molecular weight excluding hydrogens is 456 g/mol. The number of carbonyl (C=O) groups is 2. The quantitative estimate of drug-likeness (QED) is 0.466. The summed E-state index contributed by atoms with van der Waals surface area (Å²) in [7, 11) is 0. The van der Waals surface area contributed by atoms with Crippen LogP contribution in [0.5, 0.6) is 0 Å². The fourth-order valence-electron chi connectivity index (χ4n) is 2.61. The molecule has 7 nitrogen and oxygen atoms in total. The van der Waals surface area contributed by atoms with E-state index in [1.54, 1.807) is 48.0 Å². The lowest BCUT2D eigenvalue weighted by Gasteiger charge is -2.05. The van der Waals surface area contributed by atoms with Gasteiger partial charge < -0.3 is 10.2 Å². The van der Waals surface area contributed by atoms with Gasteiger partial charge in [0.15, 0.2) is 5.13 Å². The number of rotatable bonds is 4. The second-order valence-corrected chi connectivity index (χ2v) is 7.77. The van der Waals surface area contributed by atoms with Gasteiger partial charge in [-0.1, -0.05) is 15.9 Å². The molecule has 2 heterocycles. The van der Waals surface area contributed by atoms with Crippen LogP contribution in [0.4, 0.5) is 10.8 Å². The molecule has 0 fully saturated rings. The van der Waals surface area contributed by atoms with Crippen LogP contribution in [0, 0.1) is 0 Å². The third-order valence-corrected chi connectivity index (χ3v) is 5.17. The van der Waals surface area contributed by atoms with Crippen molar-refractivity contribution in [2.75, 3.05) is 5.32 Å².